The summed E-state index contributed by atoms with van der Waals surface area (Å²) in [6, 6.07) is 8.52. The molecule has 7 heteroatoms. The van der Waals surface area contributed by atoms with Gasteiger partial charge in [0.05, 0.1) is 12.7 Å². The Hall–Kier alpha value is -0.890. The number of halogens is 1. The molecule has 1 aromatic heterocycles. The fraction of sp³-hybridized carbons (Fsp3) is 0.529. The van der Waals surface area contributed by atoms with E-state index in [1.54, 1.807) is 0 Å². The third-order valence-electron chi connectivity index (χ3n) is 4.32. The molecule has 1 aromatic carbocycles. The van der Waals surface area contributed by atoms with E-state index in [-0.39, 0.29) is 6.61 Å². The highest BCUT2D eigenvalue weighted by Gasteiger charge is 2.24. The van der Waals surface area contributed by atoms with Gasteiger partial charge >= 0.3 is 0 Å². The van der Waals surface area contributed by atoms with Crippen molar-refractivity contribution in [2.24, 2.45) is 0 Å². The van der Waals surface area contributed by atoms with Crippen LogP contribution in [0.5, 0.6) is 0 Å². The van der Waals surface area contributed by atoms with Crippen LogP contribution in [-0.4, -0.2) is 43.4 Å². The molecule has 0 saturated heterocycles. The molecule has 1 saturated carbocycles. The minimum atomic E-state index is -0.734. The number of hydrogen-bond donors (Lipinski definition) is 2. The van der Waals surface area contributed by atoms with Crippen LogP contribution in [0.25, 0.3) is 11.4 Å². The second kappa shape index (κ2) is 8.47. The second-order valence-electron chi connectivity index (χ2n) is 6.12. The predicted molar refractivity (Wildman–Crippen MR) is 99.1 cm³/mol. The zero-order chi connectivity index (χ0) is 16.9. The molecule has 1 fully saturated rings. The van der Waals surface area contributed by atoms with Gasteiger partial charge < -0.3 is 10.2 Å². The van der Waals surface area contributed by atoms with Gasteiger partial charge in [-0.2, -0.15) is 0 Å². The summed E-state index contributed by atoms with van der Waals surface area (Å²) in [5.74, 6) is 1.30. The van der Waals surface area contributed by atoms with Crippen LogP contribution >= 0.6 is 27.7 Å². The zero-order valence-electron chi connectivity index (χ0n) is 13.4. The minimum absolute atomic E-state index is 0.232. The highest BCUT2D eigenvalue weighted by molar-refractivity contribution is 9.10. The molecular weight excluding hydrogens is 390 g/mol. The number of aliphatic hydroxyl groups excluding tert-OH is 2. The first kappa shape index (κ1) is 17.9. The molecule has 0 spiro atoms. The first-order chi connectivity index (χ1) is 11.7. The summed E-state index contributed by atoms with van der Waals surface area (Å²) >= 11 is 4.93. The Morgan fingerprint density at radius 3 is 2.54 bits per heavy atom. The second-order valence-corrected chi connectivity index (χ2v) is 8.03. The number of nitrogens with zero attached hydrogens (tertiary/aromatic N) is 3. The molecular formula is C17H22BrN3O2S. The van der Waals surface area contributed by atoms with Gasteiger partial charge in [0, 0.05) is 21.8 Å². The lowest BCUT2D eigenvalue weighted by molar-refractivity contribution is 0.113. The Morgan fingerprint density at radius 2 is 1.88 bits per heavy atom. The van der Waals surface area contributed by atoms with E-state index in [2.05, 4.69) is 30.7 Å². The largest absolute Gasteiger partial charge is 0.394 e. The van der Waals surface area contributed by atoms with Gasteiger partial charge in [0.25, 0.3) is 0 Å². The van der Waals surface area contributed by atoms with Crippen molar-refractivity contribution < 1.29 is 10.2 Å². The van der Waals surface area contributed by atoms with Gasteiger partial charge in [0.1, 0.15) is 0 Å². The van der Waals surface area contributed by atoms with Gasteiger partial charge in [-0.05, 0) is 25.0 Å². The average Bonchev–Trinajstić information content (AvgIpc) is 3.05. The Bertz CT molecular complexity index is 656. The van der Waals surface area contributed by atoms with Crippen molar-refractivity contribution in [3.05, 3.63) is 28.7 Å². The van der Waals surface area contributed by atoms with E-state index in [4.69, 9.17) is 5.11 Å². The molecule has 3 rings (SSSR count). The van der Waals surface area contributed by atoms with Crippen molar-refractivity contribution in [3.8, 4) is 11.4 Å². The van der Waals surface area contributed by atoms with E-state index < -0.39 is 6.10 Å². The lowest BCUT2D eigenvalue weighted by Gasteiger charge is -2.25. The fourth-order valence-corrected chi connectivity index (χ4v) is 4.25. The van der Waals surface area contributed by atoms with Crippen LogP contribution in [0.3, 0.4) is 0 Å². The van der Waals surface area contributed by atoms with E-state index in [0.29, 0.717) is 11.8 Å². The molecule has 0 radical (unpaired) electrons. The van der Waals surface area contributed by atoms with Crippen LogP contribution in [0.4, 0.5) is 0 Å². The third kappa shape index (κ3) is 4.20. The molecule has 1 aliphatic carbocycles. The molecule has 130 valence electrons. The van der Waals surface area contributed by atoms with Crippen molar-refractivity contribution in [2.45, 2.75) is 49.4 Å². The topological polar surface area (TPSA) is 71.2 Å². The van der Waals surface area contributed by atoms with E-state index in [9.17, 15) is 5.11 Å². The summed E-state index contributed by atoms with van der Waals surface area (Å²) < 4.78 is 3.27. The molecule has 0 bridgehead atoms. The molecule has 2 aromatic rings. The van der Waals surface area contributed by atoms with E-state index in [1.807, 2.05) is 24.3 Å². The standard InChI is InChI=1S/C17H22BrN3O2S/c18-13-8-6-12(7-9-13)16-19-20-17(24-11-15(23)10-22)21(16)14-4-2-1-3-5-14/h6-9,14-15,22-23H,1-5,10-11H2. The summed E-state index contributed by atoms with van der Waals surface area (Å²) in [5, 5.41) is 28.3. The summed E-state index contributed by atoms with van der Waals surface area (Å²) in [6.07, 6.45) is 5.29. The summed E-state index contributed by atoms with van der Waals surface area (Å²) in [4.78, 5) is 0. The highest BCUT2D eigenvalue weighted by atomic mass is 79.9. The van der Waals surface area contributed by atoms with Gasteiger partial charge in [0.2, 0.25) is 0 Å². The molecule has 1 atom stereocenters. The maximum absolute atomic E-state index is 9.64. The lowest BCUT2D eigenvalue weighted by atomic mass is 9.95. The fourth-order valence-electron chi connectivity index (χ4n) is 3.06. The quantitative estimate of drug-likeness (QED) is 0.709. The monoisotopic (exact) mass is 411 g/mol. The highest BCUT2D eigenvalue weighted by Crippen LogP contribution is 2.35. The van der Waals surface area contributed by atoms with Gasteiger partial charge in [-0.15, -0.1) is 10.2 Å². The van der Waals surface area contributed by atoms with E-state index in [1.165, 1.54) is 31.0 Å². The van der Waals surface area contributed by atoms with Crippen molar-refractivity contribution in [1.29, 1.82) is 0 Å². The number of aliphatic hydroxyl groups is 2. The van der Waals surface area contributed by atoms with Gasteiger partial charge in [-0.25, -0.2) is 0 Å². The van der Waals surface area contributed by atoms with Crippen LogP contribution in [-0.2, 0) is 0 Å². The van der Waals surface area contributed by atoms with Crippen molar-refractivity contribution in [3.63, 3.8) is 0 Å². The Balaban J connectivity index is 1.92. The van der Waals surface area contributed by atoms with E-state index >= 15 is 0 Å². The van der Waals surface area contributed by atoms with Gasteiger partial charge in [-0.1, -0.05) is 59.1 Å². The summed E-state index contributed by atoms with van der Waals surface area (Å²) in [6.45, 7) is -0.232. The summed E-state index contributed by atoms with van der Waals surface area (Å²) in [5.41, 5.74) is 1.05. The number of thioether (sulfide) groups is 1. The molecule has 1 unspecified atom stereocenters. The Kier molecular flexibility index (Phi) is 6.32. The average molecular weight is 412 g/mol. The van der Waals surface area contributed by atoms with Crippen LogP contribution < -0.4 is 0 Å². The molecule has 1 heterocycles. The molecule has 2 N–H and O–H groups in total. The molecule has 0 aliphatic heterocycles. The van der Waals surface area contributed by atoms with Gasteiger partial charge in [-0.3, -0.25) is 4.57 Å². The van der Waals surface area contributed by atoms with Crippen LogP contribution in [0.1, 0.15) is 38.1 Å². The van der Waals surface area contributed by atoms with Gasteiger partial charge in [0.15, 0.2) is 11.0 Å². The Morgan fingerprint density at radius 1 is 1.17 bits per heavy atom. The van der Waals surface area contributed by atoms with Crippen LogP contribution in [0.15, 0.2) is 33.9 Å². The number of rotatable bonds is 6. The predicted octanol–water partition coefficient (Wildman–Crippen LogP) is 3.66. The molecule has 5 nitrogen and oxygen atoms in total. The Labute approximate surface area is 154 Å². The van der Waals surface area contributed by atoms with Crippen molar-refractivity contribution >= 4 is 27.7 Å². The third-order valence-corrected chi connectivity index (χ3v) is 5.94. The first-order valence-corrected chi connectivity index (χ1v) is 10.1. The number of aromatic nitrogens is 3. The number of benzene rings is 1. The smallest absolute Gasteiger partial charge is 0.191 e. The van der Waals surface area contributed by atoms with Crippen molar-refractivity contribution in [2.75, 3.05) is 12.4 Å². The number of hydrogen-bond acceptors (Lipinski definition) is 5. The lowest BCUT2D eigenvalue weighted by Crippen LogP contribution is -2.17. The maximum atomic E-state index is 9.64. The molecule has 24 heavy (non-hydrogen) atoms. The van der Waals surface area contributed by atoms with Crippen LogP contribution in [0.2, 0.25) is 0 Å². The molecule has 1 aliphatic rings. The van der Waals surface area contributed by atoms with E-state index in [0.717, 1.165) is 33.9 Å². The van der Waals surface area contributed by atoms with Crippen LogP contribution in [0, 0.1) is 0 Å². The molecule has 0 amide bonds. The SMILES string of the molecule is OCC(O)CSc1nnc(-c2ccc(Br)cc2)n1C1CCCCC1. The zero-order valence-corrected chi connectivity index (χ0v) is 15.8. The summed E-state index contributed by atoms with van der Waals surface area (Å²) in [7, 11) is 0. The first-order valence-electron chi connectivity index (χ1n) is 8.31. The normalized spacial score (nSPS) is 17.1. The van der Waals surface area contributed by atoms with Crippen molar-refractivity contribution in [1.82, 2.24) is 14.8 Å². The maximum Gasteiger partial charge on any atom is 0.191 e. The minimum Gasteiger partial charge on any atom is -0.394 e.